The van der Waals surface area contributed by atoms with Gasteiger partial charge in [0.15, 0.2) is 0 Å². The van der Waals surface area contributed by atoms with Crippen LogP contribution in [0.15, 0.2) is 162 Å². The van der Waals surface area contributed by atoms with Gasteiger partial charge in [-0.15, -0.1) is 0 Å². The highest BCUT2D eigenvalue weighted by Crippen LogP contribution is 2.56. The molecule has 1 N–H and O–H groups in total. The molecule has 4 heteroatoms. The van der Waals surface area contributed by atoms with Gasteiger partial charge in [0.1, 0.15) is 29.1 Å². The highest BCUT2D eigenvalue weighted by Gasteiger charge is 2.45. The number of methoxy groups -OCH3 is 1. The molecule has 0 fully saturated rings. The minimum absolute atomic E-state index is 0.455. The average molecular weight is 627 g/mol. The Kier molecular flexibility index (Phi) is 7.43. The summed E-state index contributed by atoms with van der Waals surface area (Å²) in [6.45, 7) is 2.07. The van der Waals surface area contributed by atoms with Crippen LogP contribution in [0.3, 0.4) is 0 Å². The monoisotopic (exact) mass is 626 g/mol. The average Bonchev–Trinajstić information content (AvgIpc) is 3.79. The van der Waals surface area contributed by atoms with Crippen molar-refractivity contribution >= 4 is 0 Å². The largest absolute Gasteiger partial charge is 0.497 e. The third kappa shape index (κ3) is 4.90. The molecule has 0 saturated heterocycles. The maximum Gasteiger partial charge on any atom is 0.140 e. The Hall–Kier alpha value is -5.84. The van der Waals surface area contributed by atoms with Gasteiger partial charge in [-0.3, -0.25) is 0 Å². The van der Waals surface area contributed by atoms with Crippen molar-refractivity contribution in [3.8, 4) is 39.5 Å². The number of aliphatic hydroxyl groups excluding tert-OH is 1. The smallest absolute Gasteiger partial charge is 0.140 e. The van der Waals surface area contributed by atoms with Gasteiger partial charge >= 0.3 is 0 Å². The molecule has 1 aliphatic carbocycles. The minimum atomic E-state index is -0.996. The van der Waals surface area contributed by atoms with Crippen molar-refractivity contribution in [2.24, 2.45) is 0 Å². The lowest BCUT2D eigenvalue weighted by Gasteiger charge is -2.34. The molecule has 48 heavy (non-hydrogen) atoms. The number of aliphatic hydroxyl groups is 1. The summed E-state index contributed by atoms with van der Waals surface area (Å²) in [7, 11) is 1.69. The number of ether oxygens (including phenoxy) is 2. The third-order valence-electron chi connectivity index (χ3n) is 9.49. The Bertz CT molecular complexity index is 2150. The second-order valence-corrected chi connectivity index (χ2v) is 12.2. The second kappa shape index (κ2) is 12.1. The molecule has 0 aliphatic heterocycles. The fourth-order valence-corrected chi connectivity index (χ4v) is 7.15. The van der Waals surface area contributed by atoms with E-state index in [1.54, 1.807) is 25.5 Å². The molecule has 1 heterocycles. The van der Waals surface area contributed by atoms with E-state index in [0.717, 1.165) is 28.0 Å². The minimum Gasteiger partial charge on any atom is -0.497 e. The van der Waals surface area contributed by atoms with Crippen LogP contribution in [0.2, 0.25) is 0 Å². The van der Waals surface area contributed by atoms with Gasteiger partial charge in [0, 0.05) is 5.56 Å². The van der Waals surface area contributed by atoms with Gasteiger partial charge in [-0.25, -0.2) is 0 Å². The number of hydrogen-bond acceptors (Lipinski definition) is 4. The number of benzene rings is 6. The first-order valence-corrected chi connectivity index (χ1v) is 16.1. The fraction of sp³-hybridized carbons (Fsp3) is 0.0909. The van der Waals surface area contributed by atoms with Crippen LogP contribution in [-0.4, -0.2) is 12.2 Å². The zero-order chi connectivity index (χ0) is 32.7. The molecule has 0 amide bonds. The van der Waals surface area contributed by atoms with Gasteiger partial charge in [-0.05, 0) is 100.0 Å². The van der Waals surface area contributed by atoms with E-state index in [9.17, 15) is 5.11 Å². The van der Waals surface area contributed by atoms with E-state index in [-0.39, 0.29) is 0 Å². The molecule has 8 rings (SSSR count). The van der Waals surface area contributed by atoms with Gasteiger partial charge in [0.05, 0.1) is 18.8 Å². The molecule has 1 unspecified atom stereocenters. The van der Waals surface area contributed by atoms with Crippen LogP contribution in [-0.2, 0) is 5.41 Å². The SMILES string of the molecule is COc1ccc(C2(c3ccc(Oc4ccc(-c5ccc(C)cc5)cc4C(O)c4ccco4)cc3)c3ccccc3-c3ccccc32)cc1. The van der Waals surface area contributed by atoms with Crippen LogP contribution in [0.25, 0.3) is 22.3 Å². The Morgan fingerprint density at radius 3 is 1.77 bits per heavy atom. The van der Waals surface area contributed by atoms with Crippen LogP contribution >= 0.6 is 0 Å². The van der Waals surface area contributed by atoms with Crippen LogP contribution in [0.4, 0.5) is 0 Å². The molecule has 0 saturated carbocycles. The molecule has 1 atom stereocenters. The molecule has 6 aromatic carbocycles. The summed E-state index contributed by atoms with van der Waals surface area (Å²) in [5, 5.41) is 11.4. The summed E-state index contributed by atoms with van der Waals surface area (Å²) in [4.78, 5) is 0. The van der Waals surface area contributed by atoms with Crippen molar-refractivity contribution in [3.05, 3.63) is 197 Å². The molecular weight excluding hydrogens is 592 g/mol. The molecule has 7 aromatic rings. The first-order chi connectivity index (χ1) is 23.6. The quantitative estimate of drug-likeness (QED) is 0.182. The summed E-state index contributed by atoms with van der Waals surface area (Å²) in [6.07, 6.45) is 0.573. The summed E-state index contributed by atoms with van der Waals surface area (Å²) < 4.78 is 17.7. The van der Waals surface area contributed by atoms with Gasteiger partial charge in [-0.2, -0.15) is 0 Å². The van der Waals surface area contributed by atoms with E-state index in [1.165, 1.54) is 27.8 Å². The van der Waals surface area contributed by atoms with Crippen molar-refractivity contribution in [1.29, 1.82) is 0 Å². The molecule has 1 aliphatic rings. The topological polar surface area (TPSA) is 51.8 Å². The van der Waals surface area contributed by atoms with Crippen molar-refractivity contribution in [2.45, 2.75) is 18.4 Å². The Labute approximate surface area is 280 Å². The maximum absolute atomic E-state index is 11.4. The number of furan rings is 1. The maximum atomic E-state index is 11.4. The van der Waals surface area contributed by atoms with Crippen molar-refractivity contribution in [2.75, 3.05) is 7.11 Å². The predicted molar refractivity (Wildman–Crippen MR) is 190 cm³/mol. The lowest BCUT2D eigenvalue weighted by molar-refractivity contribution is 0.186. The second-order valence-electron chi connectivity index (χ2n) is 12.2. The molecule has 234 valence electrons. The van der Waals surface area contributed by atoms with E-state index in [1.807, 2.05) is 42.5 Å². The summed E-state index contributed by atoms with van der Waals surface area (Å²) >= 11 is 0. The zero-order valence-electron chi connectivity index (χ0n) is 26.8. The van der Waals surface area contributed by atoms with Crippen molar-refractivity contribution < 1.29 is 19.0 Å². The standard InChI is InChI=1S/C44H34O4/c1-29-13-15-30(16-14-29)31-17-26-41(38(28-31)43(45)42-12-7-27-47-42)48-35-24-20-33(21-25-35)44(32-18-22-34(46-2)23-19-32)39-10-5-3-8-36(39)37-9-4-6-11-40(37)44/h3-28,43,45H,1-2H3. The number of hydrogen-bond donors (Lipinski definition) is 1. The van der Waals surface area contributed by atoms with Crippen molar-refractivity contribution in [1.82, 2.24) is 0 Å². The van der Waals surface area contributed by atoms with Crippen LogP contribution in [0, 0.1) is 6.92 Å². The molecule has 0 bridgehead atoms. The Morgan fingerprint density at radius 2 is 1.19 bits per heavy atom. The van der Waals surface area contributed by atoms with Gasteiger partial charge in [-0.1, -0.05) is 109 Å². The molecule has 4 nitrogen and oxygen atoms in total. The Morgan fingerprint density at radius 1 is 0.604 bits per heavy atom. The number of fused-ring (bicyclic) bond motifs is 3. The summed E-state index contributed by atoms with van der Waals surface area (Å²) in [5.74, 6) is 2.50. The highest BCUT2D eigenvalue weighted by molar-refractivity contribution is 5.86. The van der Waals surface area contributed by atoms with Crippen molar-refractivity contribution in [3.63, 3.8) is 0 Å². The first-order valence-electron chi connectivity index (χ1n) is 16.1. The molecule has 1 aromatic heterocycles. The fourth-order valence-electron chi connectivity index (χ4n) is 7.15. The zero-order valence-corrected chi connectivity index (χ0v) is 26.8. The normalized spacial score (nSPS) is 13.4. The number of rotatable bonds is 8. The molecular formula is C44H34O4. The predicted octanol–water partition coefficient (Wildman–Crippen LogP) is 10.5. The van der Waals surface area contributed by atoms with E-state index >= 15 is 0 Å². The van der Waals surface area contributed by atoms with Crippen LogP contribution in [0.5, 0.6) is 17.2 Å². The lowest BCUT2D eigenvalue weighted by atomic mass is 9.68. The van der Waals surface area contributed by atoms with E-state index in [4.69, 9.17) is 13.9 Å². The number of aryl methyl sites for hydroxylation is 1. The summed E-state index contributed by atoms with van der Waals surface area (Å²) in [6, 6.07) is 51.9. The Balaban J connectivity index is 1.22. The van der Waals surface area contributed by atoms with E-state index < -0.39 is 11.5 Å². The van der Waals surface area contributed by atoms with Crippen LogP contribution < -0.4 is 9.47 Å². The molecule has 0 radical (unpaired) electrons. The van der Waals surface area contributed by atoms with Crippen LogP contribution in [0.1, 0.15) is 45.2 Å². The first kappa shape index (κ1) is 29.6. The lowest BCUT2D eigenvalue weighted by Crippen LogP contribution is -2.28. The summed E-state index contributed by atoms with van der Waals surface area (Å²) in [5.41, 5.74) is 10.5. The van der Waals surface area contributed by atoms with Gasteiger partial charge < -0.3 is 19.0 Å². The van der Waals surface area contributed by atoms with Gasteiger partial charge in [0.2, 0.25) is 0 Å². The van der Waals surface area contributed by atoms with E-state index in [0.29, 0.717) is 22.8 Å². The van der Waals surface area contributed by atoms with E-state index in [2.05, 4.69) is 104 Å². The van der Waals surface area contributed by atoms with Gasteiger partial charge in [0.25, 0.3) is 0 Å². The third-order valence-corrected chi connectivity index (χ3v) is 9.49. The highest BCUT2D eigenvalue weighted by atomic mass is 16.5. The molecule has 0 spiro atoms.